The summed E-state index contributed by atoms with van der Waals surface area (Å²) in [5, 5.41) is 0. The molecule has 0 saturated carbocycles. The third kappa shape index (κ3) is 4.43. The van der Waals surface area contributed by atoms with E-state index in [1.54, 1.807) is 6.07 Å². The third-order valence-electron chi connectivity index (χ3n) is 5.08. The van der Waals surface area contributed by atoms with Gasteiger partial charge in [0.25, 0.3) is 0 Å². The van der Waals surface area contributed by atoms with Crippen LogP contribution in [0.2, 0.25) is 0 Å². The summed E-state index contributed by atoms with van der Waals surface area (Å²) in [6.45, 7) is 11.8. The molecular formula is C20H28BrFO3. The molecule has 0 unspecified atom stereocenters. The molecule has 0 bridgehead atoms. The molecule has 0 radical (unpaired) electrons. The number of hydrogen-bond acceptors (Lipinski definition) is 3. The van der Waals surface area contributed by atoms with Crippen molar-refractivity contribution >= 4 is 21.9 Å². The van der Waals surface area contributed by atoms with E-state index >= 15 is 0 Å². The maximum atomic E-state index is 14.1. The fourth-order valence-corrected chi connectivity index (χ4v) is 3.44. The highest BCUT2D eigenvalue weighted by atomic mass is 79.9. The van der Waals surface area contributed by atoms with Gasteiger partial charge in [0.05, 0.1) is 16.0 Å². The second kappa shape index (κ2) is 7.75. The maximum Gasteiger partial charge on any atom is 0.311 e. The lowest BCUT2D eigenvalue weighted by atomic mass is 9.78. The largest absolute Gasteiger partial charge is 0.459 e. The topological polar surface area (TPSA) is 35.5 Å². The van der Waals surface area contributed by atoms with Crippen molar-refractivity contribution in [2.75, 3.05) is 0 Å². The molecule has 2 rings (SSSR count). The van der Waals surface area contributed by atoms with Gasteiger partial charge in [0.1, 0.15) is 18.0 Å². The van der Waals surface area contributed by atoms with Crippen molar-refractivity contribution in [2.45, 2.75) is 66.3 Å². The Bertz CT molecular complexity index is 626. The minimum atomic E-state index is -0.597. The van der Waals surface area contributed by atoms with Crippen LogP contribution in [0.15, 0.2) is 22.7 Å². The second-order valence-electron chi connectivity index (χ2n) is 8.02. The maximum absolute atomic E-state index is 14.1. The molecule has 5 atom stereocenters. The first-order chi connectivity index (χ1) is 11.6. The van der Waals surface area contributed by atoms with Gasteiger partial charge in [-0.2, -0.15) is 0 Å². The van der Waals surface area contributed by atoms with Gasteiger partial charge in [0.15, 0.2) is 0 Å². The van der Waals surface area contributed by atoms with Crippen LogP contribution in [0.4, 0.5) is 4.39 Å². The lowest BCUT2D eigenvalue weighted by molar-refractivity contribution is -0.204. The molecule has 0 spiro atoms. The first-order valence-corrected chi connectivity index (χ1v) is 9.67. The van der Waals surface area contributed by atoms with Gasteiger partial charge in [-0.3, -0.25) is 4.79 Å². The van der Waals surface area contributed by atoms with Crippen LogP contribution in [0.5, 0.6) is 0 Å². The number of ether oxygens (including phenoxy) is 2. The van der Waals surface area contributed by atoms with E-state index in [1.165, 1.54) is 6.07 Å². The Kier molecular flexibility index (Phi) is 6.31. The summed E-state index contributed by atoms with van der Waals surface area (Å²) in [7, 11) is 0. The SMILES string of the molecule is CC[C@H]1O[C@H](c2ccc(Br)c(F)c2)[C@@H](OC(=O)C(C)(C)C)[C@@H](C)[C@@H]1C. The van der Waals surface area contributed by atoms with Gasteiger partial charge in [0, 0.05) is 5.92 Å². The van der Waals surface area contributed by atoms with Crippen molar-refractivity contribution in [3.63, 3.8) is 0 Å². The van der Waals surface area contributed by atoms with Crippen molar-refractivity contribution in [2.24, 2.45) is 17.3 Å². The molecule has 0 aromatic heterocycles. The minimum Gasteiger partial charge on any atom is -0.459 e. The Morgan fingerprint density at radius 2 is 1.92 bits per heavy atom. The number of carbonyl (C=O) groups excluding carboxylic acids is 1. The molecule has 1 aromatic rings. The highest BCUT2D eigenvalue weighted by molar-refractivity contribution is 9.10. The molecule has 3 nitrogen and oxygen atoms in total. The van der Waals surface area contributed by atoms with Crippen LogP contribution in [0.1, 0.15) is 59.6 Å². The highest BCUT2D eigenvalue weighted by Crippen LogP contribution is 2.42. The predicted molar refractivity (Wildman–Crippen MR) is 99.7 cm³/mol. The van der Waals surface area contributed by atoms with Gasteiger partial charge in [-0.25, -0.2) is 4.39 Å². The Balaban J connectivity index is 2.38. The number of rotatable bonds is 3. The lowest BCUT2D eigenvalue weighted by Crippen LogP contribution is -2.47. The average molecular weight is 415 g/mol. The van der Waals surface area contributed by atoms with Crippen molar-refractivity contribution in [3.05, 3.63) is 34.1 Å². The van der Waals surface area contributed by atoms with Crippen molar-refractivity contribution in [1.29, 1.82) is 0 Å². The molecule has 5 heteroatoms. The highest BCUT2D eigenvalue weighted by Gasteiger charge is 2.44. The molecule has 140 valence electrons. The number of carbonyl (C=O) groups is 1. The van der Waals surface area contributed by atoms with Gasteiger partial charge in [0.2, 0.25) is 0 Å². The average Bonchev–Trinajstić information content (AvgIpc) is 2.54. The summed E-state index contributed by atoms with van der Waals surface area (Å²) < 4.78 is 26.6. The van der Waals surface area contributed by atoms with Crippen LogP contribution in [-0.2, 0) is 14.3 Å². The van der Waals surface area contributed by atoms with Crippen LogP contribution in [0.25, 0.3) is 0 Å². The van der Waals surface area contributed by atoms with Gasteiger partial charge in [-0.15, -0.1) is 0 Å². The third-order valence-corrected chi connectivity index (χ3v) is 5.73. The summed E-state index contributed by atoms with van der Waals surface area (Å²) in [5.41, 5.74) is 0.102. The first kappa shape index (κ1) is 20.4. The van der Waals surface area contributed by atoms with Gasteiger partial charge < -0.3 is 9.47 Å². The Labute approximate surface area is 158 Å². The molecule has 1 aliphatic heterocycles. The van der Waals surface area contributed by atoms with E-state index < -0.39 is 17.6 Å². The van der Waals surface area contributed by atoms with E-state index in [-0.39, 0.29) is 29.7 Å². The van der Waals surface area contributed by atoms with Gasteiger partial charge in [-0.1, -0.05) is 26.8 Å². The molecule has 0 amide bonds. The Morgan fingerprint density at radius 1 is 1.28 bits per heavy atom. The van der Waals surface area contributed by atoms with Crippen LogP contribution in [0, 0.1) is 23.1 Å². The standard InChI is InChI=1S/C20H28BrFO3/c1-7-16-11(2)12(3)17(25-19(23)20(4,5)6)18(24-16)13-8-9-14(21)15(22)10-13/h8-12,16-18H,7H2,1-6H3/t11-,12-,16+,17-,18+/m0/s1. The van der Waals surface area contributed by atoms with E-state index in [0.717, 1.165) is 6.42 Å². The van der Waals surface area contributed by atoms with Crippen molar-refractivity contribution in [3.8, 4) is 0 Å². The number of hydrogen-bond donors (Lipinski definition) is 0. The Hall–Kier alpha value is -0.940. The molecule has 1 fully saturated rings. The number of halogens is 2. The van der Waals surface area contributed by atoms with E-state index in [9.17, 15) is 9.18 Å². The number of benzene rings is 1. The monoisotopic (exact) mass is 414 g/mol. The Morgan fingerprint density at radius 3 is 2.44 bits per heavy atom. The molecule has 0 N–H and O–H groups in total. The lowest BCUT2D eigenvalue weighted by Gasteiger charge is -2.45. The first-order valence-electron chi connectivity index (χ1n) is 8.87. The second-order valence-corrected chi connectivity index (χ2v) is 8.87. The van der Waals surface area contributed by atoms with Crippen LogP contribution in [-0.4, -0.2) is 18.2 Å². The van der Waals surface area contributed by atoms with E-state index in [4.69, 9.17) is 9.47 Å². The fourth-order valence-electron chi connectivity index (χ4n) is 3.20. The van der Waals surface area contributed by atoms with Gasteiger partial charge in [-0.05, 0) is 66.7 Å². The zero-order chi connectivity index (χ0) is 18.9. The van der Waals surface area contributed by atoms with Crippen LogP contribution >= 0.6 is 15.9 Å². The summed E-state index contributed by atoms with van der Waals surface area (Å²) in [6.07, 6.45) is 0.00692. The quantitative estimate of drug-likeness (QED) is 0.597. The fraction of sp³-hybridized carbons (Fsp3) is 0.650. The zero-order valence-corrected chi connectivity index (χ0v) is 17.4. The summed E-state index contributed by atoms with van der Waals surface area (Å²) in [4.78, 5) is 12.5. The molecule has 25 heavy (non-hydrogen) atoms. The smallest absolute Gasteiger partial charge is 0.311 e. The zero-order valence-electron chi connectivity index (χ0n) is 15.8. The summed E-state index contributed by atoms with van der Waals surface area (Å²) in [6, 6.07) is 4.95. The summed E-state index contributed by atoms with van der Waals surface area (Å²) in [5.74, 6) is -0.250. The van der Waals surface area contributed by atoms with Gasteiger partial charge >= 0.3 is 5.97 Å². The number of esters is 1. The normalized spacial score (nSPS) is 30.2. The summed E-state index contributed by atoms with van der Waals surface area (Å²) >= 11 is 3.18. The van der Waals surface area contributed by atoms with E-state index in [2.05, 4.69) is 36.7 Å². The van der Waals surface area contributed by atoms with Crippen molar-refractivity contribution < 1.29 is 18.7 Å². The molecule has 1 heterocycles. The van der Waals surface area contributed by atoms with E-state index in [0.29, 0.717) is 10.0 Å². The van der Waals surface area contributed by atoms with Crippen molar-refractivity contribution in [1.82, 2.24) is 0 Å². The minimum absolute atomic E-state index is 0.0521. The van der Waals surface area contributed by atoms with Crippen LogP contribution in [0.3, 0.4) is 0 Å². The molecule has 1 aromatic carbocycles. The van der Waals surface area contributed by atoms with E-state index in [1.807, 2.05) is 26.8 Å². The molecular weight excluding hydrogens is 387 g/mol. The predicted octanol–water partition coefficient (Wildman–Crippen LogP) is 5.67. The molecule has 1 saturated heterocycles. The van der Waals surface area contributed by atoms with Crippen LogP contribution < -0.4 is 0 Å². The molecule has 1 aliphatic rings. The molecule has 0 aliphatic carbocycles.